The second-order valence-corrected chi connectivity index (χ2v) is 9.57. The Hall–Kier alpha value is -2.22. The third-order valence-electron chi connectivity index (χ3n) is 7.22. The van der Waals surface area contributed by atoms with Gasteiger partial charge < -0.3 is 10.4 Å². The lowest BCUT2D eigenvalue weighted by molar-refractivity contribution is -0.403. The summed E-state index contributed by atoms with van der Waals surface area (Å²) in [5.74, 6) is -0.776. The summed E-state index contributed by atoms with van der Waals surface area (Å²) in [6.45, 7) is 0. The lowest BCUT2D eigenvalue weighted by Crippen LogP contribution is -2.40. The summed E-state index contributed by atoms with van der Waals surface area (Å²) in [5, 5.41) is 37.5. The second kappa shape index (κ2) is 12.1. The maximum Gasteiger partial charge on any atom is 0.276 e. The summed E-state index contributed by atoms with van der Waals surface area (Å²) < 4.78 is 0. The van der Waals surface area contributed by atoms with Gasteiger partial charge in [0, 0.05) is 18.2 Å². The molecular weight excluding hydrogens is 410 g/mol. The van der Waals surface area contributed by atoms with Crippen LogP contribution in [-0.4, -0.2) is 21.9 Å². The van der Waals surface area contributed by atoms with Gasteiger partial charge in [-0.15, -0.1) is 0 Å². The molecule has 0 heterocycles. The van der Waals surface area contributed by atoms with Gasteiger partial charge in [0.1, 0.15) is 0 Å². The Bertz CT molecular complexity index is 751. The Morgan fingerprint density at radius 1 is 0.688 bits per heavy atom. The van der Waals surface area contributed by atoms with Crippen molar-refractivity contribution < 1.29 is 15.0 Å². The van der Waals surface area contributed by atoms with Crippen molar-refractivity contribution in [1.29, 1.82) is 0 Å². The van der Waals surface area contributed by atoms with Crippen molar-refractivity contribution in [3.63, 3.8) is 0 Å². The summed E-state index contributed by atoms with van der Waals surface area (Å²) in [6.07, 6.45) is 19.0. The minimum Gasteiger partial charge on any atom is -0.868 e. The molecule has 8 heteroatoms. The van der Waals surface area contributed by atoms with Crippen LogP contribution in [0, 0.1) is 20.2 Å². The number of hydrogen-bond acceptors (Lipinski definition) is 6. The molecule has 0 radical (unpaired) electrons. The highest BCUT2D eigenvalue weighted by Gasteiger charge is 2.24. The molecule has 32 heavy (non-hydrogen) atoms. The molecule has 0 aliphatic heterocycles. The number of rotatable bonds is 5. The molecule has 0 amide bonds. The molecule has 3 saturated carbocycles. The Labute approximate surface area is 190 Å². The van der Waals surface area contributed by atoms with Crippen LogP contribution >= 0.6 is 0 Å². The summed E-state index contributed by atoms with van der Waals surface area (Å²) in [6, 6.07) is 3.69. The fraction of sp³-hybridized carbons (Fsp3) is 0.750. The molecular formula is C24H36N3O5-. The Morgan fingerprint density at radius 3 is 1.59 bits per heavy atom. The second-order valence-electron chi connectivity index (χ2n) is 9.57. The number of benzene rings is 1. The Morgan fingerprint density at radius 2 is 1.16 bits per heavy atom. The highest BCUT2D eigenvalue weighted by Crippen LogP contribution is 2.41. The molecule has 3 aliphatic carbocycles. The number of nitrogens with zero attached hydrogens (tertiary/aromatic N) is 2. The van der Waals surface area contributed by atoms with Gasteiger partial charge in [-0.2, -0.15) is 0 Å². The number of nitro groups is 2. The molecule has 0 spiro atoms. The Kier molecular flexibility index (Phi) is 9.26. The molecule has 0 bridgehead atoms. The molecule has 1 N–H and O–H groups in total. The monoisotopic (exact) mass is 446 g/mol. The van der Waals surface area contributed by atoms with Crippen molar-refractivity contribution in [1.82, 2.24) is 5.32 Å². The van der Waals surface area contributed by atoms with Crippen LogP contribution in [0.15, 0.2) is 12.1 Å². The number of non-ortho nitro benzene ring substituents is 1. The zero-order valence-corrected chi connectivity index (χ0v) is 18.9. The van der Waals surface area contributed by atoms with Crippen molar-refractivity contribution in [2.45, 2.75) is 114 Å². The van der Waals surface area contributed by atoms with E-state index in [-0.39, 0.29) is 17.2 Å². The van der Waals surface area contributed by atoms with Crippen LogP contribution in [0.5, 0.6) is 5.75 Å². The van der Waals surface area contributed by atoms with E-state index in [2.05, 4.69) is 5.32 Å². The van der Waals surface area contributed by atoms with Crippen molar-refractivity contribution in [2.75, 3.05) is 0 Å². The molecule has 4 rings (SSSR count). The minimum atomic E-state index is -0.846. The van der Waals surface area contributed by atoms with Crippen LogP contribution in [0.2, 0.25) is 0 Å². The molecule has 0 atom stereocenters. The normalized spacial score (nSPS) is 20.9. The van der Waals surface area contributed by atoms with E-state index in [4.69, 9.17) is 0 Å². The van der Waals surface area contributed by atoms with E-state index < -0.39 is 21.3 Å². The SMILES string of the molecule is C1CCC(NC2CCCCC2)CC1.O=[N+]([O-])c1cc(C2CCCCC2)c([O-])c([N+](=O)[O-])c1. The van der Waals surface area contributed by atoms with Crippen LogP contribution in [0.3, 0.4) is 0 Å². The van der Waals surface area contributed by atoms with E-state index in [1.54, 1.807) is 0 Å². The molecule has 178 valence electrons. The summed E-state index contributed by atoms with van der Waals surface area (Å²) in [4.78, 5) is 20.1. The first kappa shape index (κ1) is 24.4. The van der Waals surface area contributed by atoms with E-state index in [9.17, 15) is 25.3 Å². The smallest absolute Gasteiger partial charge is 0.276 e. The summed E-state index contributed by atoms with van der Waals surface area (Å²) in [5.41, 5.74) is -0.859. The fourth-order valence-corrected chi connectivity index (χ4v) is 5.45. The van der Waals surface area contributed by atoms with Gasteiger partial charge in [-0.25, -0.2) is 0 Å². The van der Waals surface area contributed by atoms with Gasteiger partial charge in [-0.05, 0) is 55.8 Å². The van der Waals surface area contributed by atoms with E-state index >= 15 is 0 Å². The van der Waals surface area contributed by atoms with Gasteiger partial charge in [0.15, 0.2) is 0 Å². The molecule has 0 aromatic heterocycles. The predicted octanol–water partition coefficient (Wildman–Crippen LogP) is 5.87. The maximum atomic E-state index is 12.0. The summed E-state index contributed by atoms with van der Waals surface area (Å²) in [7, 11) is 0. The van der Waals surface area contributed by atoms with E-state index in [1.807, 2.05) is 0 Å². The number of hydrogen-bond donors (Lipinski definition) is 1. The number of nitro benzene ring substituents is 2. The van der Waals surface area contributed by atoms with Crippen LogP contribution < -0.4 is 10.4 Å². The molecule has 3 fully saturated rings. The van der Waals surface area contributed by atoms with E-state index in [0.717, 1.165) is 50.3 Å². The lowest BCUT2D eigenvalue weighted by Gasteiger charge is -2.30. The lowest BCUT2D eigenvalue weighted by atomic mass is 9.83. The van der Waals surface area contributed by atoms with E-state index in [1.165, 1.54) is 70.3 Å². The largest absolute Gasteiger partial charge is 0.868 e. The topological polar surface area (TPSA) is 121 Å². The van der Waals surface area contributed by atoms with Crippen molar-refractivity contribution >= 4 is 11.4 Å². The molecule has 0 unspecified atom stereocenters. The fourth-order valence-electron chi connectivity index (χ4n) is 5.45. The minimum absolute atomic E-state index is 0.0974. The predicted molar refractivity (Wildman–Crippen MR) is 122 cm³/mol. The zero-order chi connectivity index (χ0) is 22.9. The van der Waals surface area contributed by atoms with E-state index in [0.29, 0.717) is 0 Å². The van der Waals surface area contributed by atoms with Gasteiger partial charge in [-0.3, -0.25) is 20.2 Å². The maximum absolute atomic E-state index is 12.0. The Balaban J connectivity index is 0.000000193. The van der Waals surface area contributed by atoms with Gasteiger partial charge in [0.25, 0.3) is 11.4 Å². The molecule has 1 aromatic rings. The average molecular weight is 447 g/mol. The van der Waals surface area contributed by atoms with Crippen LogP contribution in [0.1, 0.15) is 108 Å². The van der Waals surface area contributed by atoms with Crippen LogP contribution in [-0.2, 0) is 0 Å². The van der Waals surface area contributed by atoms with Crippen LogP contribution in [0.25, 0.3) is 0 Å². The molecule has 8 nitrogen and oxygen atoms in total. The third kappa shape index (κ3) is 6.89. The first-order valence-corrected chi connectivity index (χ1v) is 12.4. The average Bonchev–Trinajstić information content (AvgIpc) is 2.81. The highest BCUT2D eigenvalue weighted by atomic mass is 16.6. The third-order valence-corrected chi connectivity index (χ3v) is 7.22. The first-order chi connectivity index (χ1) is 15.5. The summed E-state index contributed by atoms with van der Waals surface area (Å²) >= 11 is 0. The van der Waals surface area contributed by atoms with Crippen LogP contribution in [0.4, 0.5) is 11.4 Å². The molecule has 3 aliphatic rings. The van der Waals surface area contributed by atoms with Crippen molar-refractivity contribution in [3.05, 3.63) is 37.9 Å². The van der Waals surface area contributed by atoms with Gasteiger partial charge in [0.05, 0.1) is 15.9 Å². The molecule has 1 aromatic carbocycles. The van der Waals surface area contributed by atoms with Crippen molar-refractivity contribution in [3.8, 4) is 5.75 Å². The van der Waals surface area contributed by atoms with Gasteiger partial charge in [-0.1, -0.05) is 57.8 Å². The van der Waals surface area contributed by atoms with Gasteiger partial charge >= 0.3 is 0 Å². The standard InChI is InChI=1S/C12H14N2O5.C12H23N/c15-12-10(8-4-2-1-3-5-8)6-9(13(16)17)7-11(12)14(18)19;1-3-7-11(8-4-1)13-12-9-5-2-6-10-12/h6-8,15H,1-5H2;11-13H,1-10H2/p-1. The molecule has 0 saturated heterocycles. The van der Waals surface area contributed by atoms with Gasteiger partial charge in [0.2, 0.25) is 0 Å². The quantitative estimate of drug-likeness (QED) is 0.446. The number of nitrogens with one attached hydrogen (secondary N) is 1. The highest BCUT2D eigenvalue weighted by molar-refractivity contribution is 5.58. The van der Waals surface area contributed by atoms with Crippen molar-refractivity contribution in [2.24, 2.45) is 0 Å². The first-order valence-electron chi connectivity index (χ1n) is 12.4. The zero-order valence-electron chi connectivity index (χ0n) is 18.9.